The van der Waals surface area contributed by atoms with Crippen molar-refractivity contribution in [3.63, 3.8) is 0 Å². The summed E-state index contributed by atoms with van der Waals surface area (Å²) in [7, 11) is 0. The molecule has 0 atom stereocenters. The number of fused-ring (bicyclic) bond motifs is 2. The molecule has 1 amide bonds. The molecular formula is C24H31N5O2. The highest BCUT2D eigenvalue weighted by Gasteiger charge is 2.44. The first kappa shape index (κ1) is 20.4. The fraction of sp³-hybridized carbons (Fsp3) is 0.542. The van der Waals surface area contributed by atoms with Gasteiger partial charge in [-0.05, 0) is 45.2 Å². The molecule has 7 heteroatoms. The lowest BCUT2D eigenvalue weighted by Crippen LogP contribution is -2.48. The number of aromatic nitrogens is 2. The van der Waals surface area contributed by atoms with Gasteiger partial charge in [0, 0.05) is 42.8 Å². The fourth-order valence-electron chi connectivity index (χ4n) is 5.41. The van der Waals surface area contributed by atoms with Crippen molar-refractivity contribution >= 4 is 11.7 Å². The summed E-state index contributed by atoms with van der Waals surface area (Å²) >= 11 is 0. The minimum atomic E-state index is 0.0600. The van der Waals surface area contributed by atoms with Crippen molar-refractivity contribution < 1.29 is 9.90 Å². The van der Waals surface area contributed by atoms with E-state index in [1.54, 1.807) is 0 Å². The minimum Gasteiger partial charge on any atom is -0.396 e. The Morgan fingerprint density at radius 2 is 1.87 bits per heavy atom. The maximum atomic E-state index is 12.1. The summed E-state index contributed by atoms with van der Waals surface area (Å²) in [5.74, 6) is 1.78. The van der Waals surface area contributed by atoms with E-state index in [2.05, 4.69) is 27.2 Å². The van der Waals surface area contributed by atoms with Gasteiger partial charge in [-0.25, -0.2) is 9.97 Å². The van der Waals surface area contributed by atoms with Crippen LogP contribution < -0.4 is 10.2 Å². The molecule has 7 nitrogen and oxygen atoms in total. The van der Waals surface area contributed by atoms with Crippen molar-refractivity contribution in [1.29, 1.82) is 0 Å². The monoisotopic (exact) mass is 421 g/mol. The molecule has 0 saturated carbocycles. The number of amides is 1. The standard InChI is InChI=1S/C24H31N5O2/c30-16-4-12-28-13-9-24(10-14-28)8-7-19-21(24)26-22(18-5-2-1-3-6-18)27-23(19)29-15-11-25-20(31)17-29/h1-3,5-6,30H,4,7-17H2,(H,25,31). The number of piperazine rings is 1. The van der Waals surface area contributed by atoms with Crippen LogP contribution in [0.4, 0.5) is 5.82 Å². The number of hydrogen-bond donors (Lipinski definition) is 2. The number of hydrogen-bond acceptors (Lipinski definition) is 6. The Hall–Kier alpha value is -2.51. The summed E-state index contributed by atoms with van der Waals surface area (Å²) in [6, 6.07) is 10.2. The van der Waals surface area contributed by atoms with Crippen LogP contribution in [0.2, 0.25) is 0 Å². The van der Waals surface area contributed by atoms with Crippen LogP contribution in [-0.2, 0) is 16.6 Å². The molecule has 1 spiro atoms. The van der Waals surface area contributed by atoms with E-state index in [0.29, 0.717) is 13.1 Å². The van der Waals surface area contributed by atoms with Gasteiger partial charge >= 0.3 is 0 Å². The van der Waals surface area contributed by atoms with Crippen LogP contribution in [0.3, 0.4) is 0 Å². The Labute approximate surface area is 183 Å². The van der Waals surface area contributed by atoms with Crippen LogP contribution in [0.1, 0.15) is 36.9 Å². The van der Waals surface area contributed by atoms with Gasteiger partial charge in [-0.15, -0.1) is 0 Å². The fourth-order valence-corrected chi connectivity index (χ4v) is 5.41. The van der Waals surface area contributed by atoms with Gasteiger partial charge in [-0.2, -0.15) is 0 Å². The topological polar surface area (TPSA) is 81.6 Å². The number of nitrogens with one attached hydrogen (secondary N) is 1. The first-order chi connectivity index (χ1) is 15.2. The van der Waals surface area contributed by atoms with E-state index in [4.69, 9.17) is 15.1 Å². The molecule has 1 aliphatic carbocycles. The number of aliphatic hydroxyl groups excluding tert-OH is 1. The van der Waals surface area contributed by atoms with E-state index in [9.17, 15) is 4.79 Å². The number of aliphatic hydroxyl groups is 1. The van der Waals surface area contributed by atoms with E-state index in [1.165, 1.54) is 11.3 Å². The zero-order chi connectivity index (χ0) is 21.3. The average molecular weight is 422 g/mol. The molecule has 5 rings (SSSR count). The van der Waals surface area contributed by atoms with E-state index in [-0.39, 0.29) is 17.9 Å². The Morgan fingerprint density at radius 1 is 1.06 bits per heavy atom. The maximum absolute atomic E-state index is 12.1. The zero-order valence-corrected chi connectivity index (χ0v) is 18.0. The SMILES string of the molecule is O=C1CN(c2nc(-c3ccccc3)nc3c2CCC32CCN(CCCO)CC2)CCN1. The molecule has 1 aromatic heterocycles. The van der Waals surface area contributed by atoms with Gasteiger partial charge in [-0.1, -0.05) is 30.3 Å². The number of benzene rings is 1. The molecule has 2 saturated heterocycles. The van der Waals surface area contributed by atoms with Crippen LogP contribution in [0.5, 0.6) is 0 Å². The van der Waals surface area contributed by atoms with Crippen molar-refractivity contribution in [3.05, 3.63) is 41.6 Å². The molecule has 1 aromatic carbocycles. The quantitative estimate of drug-likeness (QED) is 0.766. The molecular weight excluding hydrogens is 390 g/mol. The maximum Gasteiger partial charge on any atom is 0.239 e. The lowest BCUT2D eigenvalue weighted by atomic mass is 9.76. The molecule has 31 heavy (non-hydrogen) atoms. The first-order valence-electron chi connectivity index (χ1n) is 11.5. The van der Waals surface area contributed by atoms with E-state index < -0.39 is 0 Å². The highest BCUT2D eigenvalue weighted by Crippen LogP contribution is 2.48. The Kier molecular flexibility index (Phi) is 5.63. The number of anilines is 1. The highest BCUT2D eigenvalue weighted by molar-refractivity contribution is 5.83. The van der Waals surface area contributed by atoms with Crippen LogP contribution >= 0.6 is 0 Å². The predicted octanol–water partition coefficient (Wildman–Crippen LogP) is 1.74. The summed E-state index contributed by atoms with van der Waals surface area (Å²) in [5.41, 5.74) is 3.59. The summed E-state index contributed by atoms with van der Waals surface area (Å²) < 4.78 is 0. The first-order valence-corrected chi connectivity index (χ1v) is 11.5. The highest BCUT2D eigenvalue weighted by atomic mass is 16.3. The molecule has 0 unspecified atom stereocenters. The van der Waals surface area contributed by atoms with Crippen molar-refractivity contribution in [2.45, 2.75) is 37.5 Å². The normalized spacial score (nSPS) is 20.7. The van der Waals surface area contributed by atoms with Crippen molar-refractivity contribution in [1.82, 2.24) is 20.2 Å². The van der Waals surface area contributed by atoms with Crippen LogP contribution in [-0.4, -0.2) is 71.8 Å². The molecule has 3 heterocycles. The number of likely N-dealkylation sites (tertiary alicyclic amines) is 1. The van der Waals surface area contributed by atoms with Crippen LogP contribution in [0.25, 0.3) is 11.4 Å². The molecule has 2 aliphatic heterocycles. The largest absolute Gasteiger partial charge is 0.396 e. The number of piperidine rings is 1. The van der Waals surface area contributed by atoms with Gasteiger partial charge in [0.15, 0.2) is 5.82 Å². The summed E-state index contributed by atoms with van der Waals surface area (Å²) in [6.07, 6.45) is 5.11. The molecule has 2 fully saturated rings. The van der Waals surface area contributed by atoms with Crippen molar-refractivity contribution in [2.75, 3.05) is 50.8 Å². The molecule has 2 N–H and O–H groups in total. The zero-order valence-electron chi connectivity index (χ0n) is 18.0. The third-order valence-corrected chi connectivity index (χ3v) is 7.16. The number of carbonyl (C=O) groups excluding carboxylic acids is 1. The molecule has 2 aromatic rings. The van der Waals surface area contributed by atoms with Crippen LogP contribution in [0.15, 0.2) is 30.3 Å². The Bertz CT molecular complexity index is 940. The summed E-state index contributed by atoms with van der Waals surface area (Å²) in [4.78, 5) is 26.9. The lowest BCUT2D eigenvalue weighted by molar-refractivity contribution is -0.120. The van der Waals surface area contributed by atoms with Crippen LogP contribution in [0, 0.1) is 0 Å². The minimum absolute atomic E-state index is 0.0600. The van der Waals surface area contributed by atoms with Gasteiger partial charge < -0.3 is 20.2 Å². The van der Waals surface area contributed by atoms with E-state index in [0.717, 1.165) is 75.5 Å². The molecule has 164 valence electrons. The predicted molar refractivity (Wildman–Crippen MR) is 120 cm³/mol. The Morgan fingerprint density at radius 3 is 2.61 bits per heavy atom. The van der Waals surface area contributed by atoms with E-state index in [1.807, 2.05) is 18.2 Å². The molecule has 3 aliphatic rings. The van der Waals surface area contributed by atoms with Gasteiger partial charge in [-0.3, -0.25) is 4.79 Å². The van der Waals surface area contributed by atoms with E-state index >= 15 is 0 Å². The second-order valence-electron chi connectivity index (χ2n) is 9.03. The number of carbonyl (C=O) groups is 1. The van der Waals surface area contributed by atoms with Crippen molar-refractivity contribution in [3.8, 4) is 11.4 Å². The number of rotatable bonds is 5. The average Bonchev–Trinajstić information content (AvgIpc) is 3.17. The third kappa shape index (κ3) is 3.92. The summed E-state index contributed by atoms with van der Waals surface area (Å²) in [5, 5.41) is 12.1. The second kappa shape index (κ2) is 8.55. The van der Waals surface area contributed by atoms with Gasteiger partial charge in [0.1, 0.15) is 5.82 Å². The molecule has 0 radical (unpaired) electrons. The second-order valence-corrected chi connectivity index (χ2v) is 9.03. The smallest absolute Gasteiger partial charge is 0.239 e. The summed E-state index contributed by atoms with van der Waals surface area (Å²) in [6.45, 7) is 5.11. The lowest BCUT2D eigenvalue weighted by Gasteiger charge is -2.39. The van der Waals surface area contributed by atoms with Crippen molar-refractivity contribution in [2.24, 2.45) is 0 Å². The number of nitrogens with zero attached hydrogens (tertiary/aromatic N) is 4. The van der Waals surface area contributed by atoms with Gasteiger partial charge in [0.25, 0.3) is 0 Å². The molecule has 0 bridgehead atoms. The Balaban J connectivity index is 1.52. The van der Waals surface area contributed by atoms with Gasteiger partial charge in [0.2, 0.25) is 5.91 Å². The van der Waals surface area contributed by atoms with Gasteiger partial charge in [0.05, 0.1) is 12.2 Å². The third-order valence-electron chi connectivity index (χ3n) is 7.16.